The van der Waals surface area contributed by atoms with Crippen LogP contribution >= 0.6 is 0 Å². The van der Waals surface area contributed by atoms with E-state index in [1.807, 2.05) is 0 Å². The van der Waals surface area contributed by atoms with Gasteiger partial charge in [-0.3, -0.25) is 4.79 Å². The van der Waals surface area contributed by atoms with Crippen LogP contribution < -0.4 is 5.32 Å². The zero-order valence-corrected chi connectivity index (χ0v) is 8.75. The molecule has 1 atom stereocenters. The molecule has 0 aliphatic heterocycles. The first-order valence-corrected chi connectivity index (χ1v) is 4.19. The van der Waals surface area contributed by atoms with Gasteiger partial charge in [-0.25, -0.2) is 4.79 Å². The lowest BCUT2D eigenvalue weighted by Crippen LogP contribution is -2.41. The number of nitriles is 1. The third kappa shape index (κ3) is 5.14. The number of carbonyl (C=O) groups is 2. The monoisotopic (exact) mass is 198 g/mol. The molecule has 0 rings (SSSR count). The number of rotatable bonds is 2. The van der Waals surface area contributed by atoms with Crippen LogP contribution in [0, 0.1) is 11.3 Å². The zero-order chi connectivity index (χ0) is 11.4. The number of amides is 1. The number of nitrogens with one attached hydrogen (secondary N) is 1. The largest absolute Gasteiger partial charge is 0.444 e. The van der Waals surface area contributed by atoms with Crippen LogP contribution in [-0.4, -0.2) is 23.5 Å². The van der Waals surface area contributed by atoms with E-state index in [0.29, 0.717) is 0 Å². The number of carbonyl (C=O) groups excluding carboxylic acids is 2. The molecule has 1 amide bonds. The van der Waals surface area contributed by atoms with E-state index in [1.165, 1.54) is 13.0 Å². The molecule has 0 saturated carbocycles. The van der Waals surface area contributed by atoms with Crippen molar-refractivity contribution in [2.24, 2.45) is 0 Å². The van der Waals surface area contributed by atoms with Crippen molar-refractivity contribution in [1.82, 2.24) is 5.32 Å². The average Bonchev–Trinajstić information content (AvgIpc) is 1.99. The lowest BCUT2D eigenvalue weighted by Gasteiger charge is -2.20. The summed E-state index contributed by atoms with van der Waals surface area (Å²) in [5.41, 5.74) is -0.612. The van der Waals surface area contributed by atoms with E-state index in [4.69, 9.17) is 10.00 Å². The molecule has 0 bridgehead atoms. The molecular weight excluding hydrogens is 184 g/mol. The second-order valence-electron chi connectivity index (χ2n) is 3.84. The molecule has 0 aliphatic rings. The van der Waals surface area contributed by atoms with E-state index >= 15 is 0 Å². The minimum Gasteiger partial charge on any atom is -0.444 e. The Hall–Kier alpha value is -1.57. The Morgan fingerprint density at radius 3 is 2.29 bits per heavy atom. The molecule has 0 heterocycles. The summed E-state index contributed by atoms with van der Waals surface area (Å²) in [5, 5.41) is 10.5. The SMILES string of the molecule is C[C@H](NC(=O)OC(C)(C)C)C(=O)C#N. The van der Waals surface area contributed by atoms with Crippen molar-refractivity contribution in [3.8, 4) is 6.07 Å². The Morgan fingerprint density at radius 2 is 1.93 bits per heavy atom. The van der Waals surface area contributed by atoms with Crippen molar-refractivity contribution in [3.05, 3.63) is 0 Å². The molecule has 0 aromatic heterocycles. The molecular formula is C9H14N2O3. The molecule has 1 N–H and O–H groups in total. The molecule has 78 valence electrons. The predicted molar refractivity (Wildman–Crippen MR) is 49.5 cm³/mol. The van der Waals surface area contributed by atoms with Crippen LogP contribution in [0.2, 0.25) is 0 Å². The van der Waals surface area contributed by atoms with Gasteiger partial charge < -0.3 is 10.1 Å². The van der Waals surface area contributed by atoms with Gasteiger partial charge in [0, 0.05) is 0 Å². The maximum atomic E-state index is 11.1. The number of Topliss-reactive ketones (excluding diaryl/α,β-unsaturated/α-hetero) is 1. The van der Waals surface area contributed by atoms with E-state index in [-0.39, 0.29) is 0 Å². The Morgan fingerprint density at radius 1 is 1.43 bits per heavy atom. The molecule has 0 aliphatic carbocycles. The van der Waals surface area contributed by atoms with Crippen molar-refractivity contribution in [3.63, 3.8) is 0 Å². The smallest absolute Gasteiger partial charge is 0.408 e. The second-order valence-corrected chi connectivity index (χ2v) is 3.84. The van der Waals surface area contributed by atoms with Crippen LogP contribution in [-0.2, 0) is 9.53 Å². The van der Waals surface area contributed by atoms with Crippen LogP contribution in [0.5, 0.6) is 0 Å². The molecule has 0 aromatic rings. The maximum Gasteiger partial charge on any atom is 0.408 e. The number of hydrogen-bond donors (Lipinski definition) is 1. The van der Waals surface area contributed by atoms with Gasteiger partial charge in [0.1, 0.15) is 17.7 Å². The van der Waals surface area contributed by atoms with Crippen LogP contribution in [0.15, 0.2) is 0 Å². The number of ketones is 1. The van der Waals surface area contributed by atoms with E-state index in [2.05, 4.69) is 5.32 Å². The molecule has 0 radical (unpaired) electrons. The number of alkyl carbamates (subject to hydrolysis) is 1. The lowest BCUT2D eigenvalue weighted by molar-refractivity contribution is -0.115. The highest BCUT2D eigenvalue weighted by Crippen LogP contribution is 2.06. The van der Waals surface area contributed by atoms with Crippen LogP contribution in [0.4, 0.5) is 4.79 Å². The van der Waals surface area contributed by atoms with Gasteiger partial charge in [0.15, 0.2) is 0 Å². The van der Waals surface area contributed by atoms with Gasteiger partial charge in [0.05, 0.1) is 0 Å². The second kappa shape index (κ2) is 4.61. The third-order valence-corrected chi connectivity index (χ3v) is 1.24. The van der Waals surface area contributed by atoms with Gasteiger partial charge in [-0.1, -0.05) is 0 Å². The third-order valence-electron chi connectivity index (χ3n) is 1.24. The number of hydrogen-bond acceptors (Lipinski definition) is 4. The molecule has 5 heteroatoms. The van der Waals surface area contributed by atoms with Crippen molar-refractivity contribution in [2.75, 3.05) is 0 Å². The predicted octanol–water partition coefficient (Wildman–Crippen LogP) is 0.992. The summed E-state index contributed by atoms with van der Waals surface area (Å²) >= 11 is 0. The van der Waals surface area contributed by atoms with E-state index in [1.54, 1.807) is 20.8 Å². The topological polar surface area (TPSA) is 79.2 Å². The Labute approximate surface area is 83.0 Å². The van der Waals surface area contributed by atoms with E-state index < -0.39 is 23.5 Å². The van der Waals surface area contributed by atoms with E-state index in [9.17, 15) is 9.59 Å². The summed E-state index contributed by atoms with van der Waals surface area (Å²) in [6.07, 6.45) is -0.700. The minimum atomic E-state index is -0.838. The summed E-state index contributed by atoms with van der Waals surface area (Å²) in [4.78, 5) is 21.9. The zero-order valence-electron chi connectivity index (χ0n) is 8.75. The fourth-order valence-electron chi connectivity index (χ4n) is 0.647. The number of ether oxygens (including phenoxy) is 1. The van der Waals surface area contributed by atoms with Gasteiger partial charge in [-0.15, -0.1) is 0 Å². The minimum absolute atomic E-state index is 0.612. The quantitative estimate of drug-likeness (QED) is 0.671. The van der Waals surface area contributed by atoms with Gasteiger partial charge >= 0.3 is 6.09 Å². The Bertz CT molecular complexity index is 273. The van der Waals surface area contributed by atoms with Crippen molar-refractivity contribution in [1.29, 1.82) is 5.26 Å². The Balaban J connectivity index is 4.09. The maximum absolute atomic E-state index is 11.1. The first-order chi connectivity index (χ1) is 6.26. The molecule has 0 saturated heterocycles. The summed E-state index contributed by atoms with van der Waals surface area (Å²) < 4.78 is 4.89. The fourth-order valence-corrected chi connectivity index (χ4v) is 0.647. The van der Waals surface area contributed by atoms with Crippen LogP contribution in [0.3, 0.4) is 0 Å². The van der Waals surface area contributed by atoms with Crippen molar-refractivity contribution < 1.29 is 14.3 Å². The lowest BCUT2D eigenvalue weighted by atomic mass is 10.2. The van der Waals surface area contributed by atoms with Gasteiger partial charge in [0.2, 0.25) is 0 Å². The summed E-state index contributed by atoms with van der Waals surface area (Å²) in [7, 11) is 0. The molecule has 5 nitrogen and oxygen atoms in total. The first-order valence-electron chi connectivity index (χ1n) is 4.19. The molecule has 0 fully saturated rings. The molecule has 0 unspecified atom stereocenters. The first kappa shape index (κ1) is 12.4. The molecule has 14 heavy (non-hydrogen) atoms. The summed E-state index contributed by atoms with van der Waals surface area (Å²) in [6, 6.07) is 0.586. The van der Waals surface area contributed by atoms with Gasteiger partial charge in [-0.05, 0) is 27.7 Å². The summed E-state index contributed by atoms with van der Waals surface area (Å²) in [5.74, 6) is -0.698. The molecule has 0 spiro atoms. The number of nitrogens with zero attached hydrogens (tertiary/aromatic N) is 1. The van der Waals surface area contributed by atoms with Gasteiger partial charge in [-0.2, -0.15) is 5.26 Å². The normalized spacial score (nSPS) is 12.5. The van der Waals surface area contributed by atoms with Crippen molar-refractivity contribution in [2.45, 2.75) is 39.3 Å². The highest BCUT2D eigenvalue weighted by molar-refractivity contribution is 5.98. The van der Waals surface area contributed by atoms with Crippen LogP contribution in [0.1, 0.15) is 27.7 Å². The highest BCUT2D eigenvalue weighted by Gasteiger charge is 2.20. The standard InChI is InChI=1S/C9H14N2O3/c1-6(7(12)5-10)11-8(13)14-9(2,3)4/h6H,1-4H3,(H,11,13)/t6-/m0/s1. The highest BCUT2D eigenvalue weighted by atomic mass is 16.6. The molecule has 0 aromatic carbocycles. The van der Waals surface area contributed by atoms with Crippen LogP contribution in [0.25, 0.3) is 0 Å². The van der Waals surface area contributed by atoms with Gasteiger partial charge in [0.25, 0.3) is 5.78 Å². The van der Waals surface area contributed by atoms with E-state index in [0.717, 1.165) is 0 Å². The average molecular weight is 198 g/mol. The van der Waals surface area contributed by atoms with Crippen molar-refractivity contribution >= 4 is 11.9 Å². The summed E-state index contributed by atoms with van der Waals surface area (Å²) in [6.45, 7) is 6.56. The fraction of sp³-hybridized carbons (Fsp3) is 0.667. The Kier molecular flexibility index (Phi) is 4.09.